The molecule has 0 saturated heterocycles. The van der Waals surface area contributed by atoms with E-state index in [1.54, 1.807) is 31.2 Å². The van der Waals surface area contributed by atoms with Gasteiger partial charge in [0.2, 0.25) is 0 Å². The number of phenolic OH excluding ortho intramolecular Hbond substituents is 1. The van der Waals surface area contributed by atoms with Gasteiger partial charge in [-0.05, 0) is 51.5 Å². The fraction of sp³-hybridized carbons (Fsp3) is 0.333. The number of ether oxygens (including phenoxy) is 1. The Morgan fingerprint density at radius 3 is 2.47 bits per heavy atom. The summed E-state index contributed by atoms with van der Waals surface area (Å²) in [5.41, 5.74) is 8.92. The number of esters is 1. The molecule has 4 N–H and O–H groups in total. The molecule has 2 aromatic carbocycles. The number of aromatic hydroxyl groups is 1. The number of allylic oxidation sites excluding steroid dienone is 1. The summed E-state index contributed by atoms with van der Waals surface area (Å²) in [6.45, 7) is 9.58. The van der Waals surface area contributed by atoms with E-state index < -0.39 is 5.97 Å². The van der Waals surface area contributed by atoms with Crippen molar-refractivity contribution in [3.05, 3.63) is 53.6 Å². The molecule has 6 heteroatoms. The highest BCUT2D eigenvalue weighted by atomic mass is 16.5. The second-order valence-corrected chi connectivity index (χ2v) is 7.01. The minimum Gasteiger partial charge on any atom is -0.507 e. The van der Waals surface area contributed by atoms with Crippen LogP contribution in [0.5, 0.6) is 11.5 Å². The van der Waals surface area contributed by atoms with E-state index in [1.165, 1.54) is 6.08 Å². The van der Waals surface area contributed by atoms with Crippen LogP contribution in [-0.2, 0) is 4.79 Å². The van der Waals surface area contributed by atoms with Crippen LogP contribution >= 0.6 is 0 Å². The maximum atomic E-state index is 12.1. The molecule has 0 saturated carbocycles. The smallest absolute Gasteiger partial charge is 0.335 e. The number of carbonyl (C=O) groups is 1. The number of hydrogen-bond donors (Lipinski definition) is 3. The normalized spacial score (nSPS) is 10.9. The number of phenols is 1. The Labute approximate surface area is 178 Å². The van der Waals surface area contributed by atoms with E-state index in [0.717, 1.165) is 31.6 Å². The van der Waals surface area contributed by atoms with E-state index in [0.29, 0.717) is 28.0 Å². The molecule has 0 unspecified atom stereocenters. The number of hydrogen-bond acceptors (Lipinski definition) is 5. The molecule has 160 valence electrons. The minimum atomic E-state index is -0.464. The Kier molecular flexibility index (Phi) is 8.04. The third kappa shape index (κ3) is 5.20. The summed E-state index contributed by atoms with van der Waals surface area (Å²) in [6, 6.07) is 8.71. The zero-order chi connectivity index (χ0) is 22.3. The van der Waals surface area contributed by atoms with Crippen molar-refractivity contribution in [2.75, 3.05) is 18.0 Å². The van der Waals surface area contributed by atoms with Gasteiger partial charge in [0.15, 0.2) is 0 Å². The van der Waals surface area contributed by atoms with Gasteiger partial charge in [0.25, 0.3) is 0 Å². The number of anilines is 1. The maximum absolute atomic E-state index is 12.1. The number of amidine groups is 1. The number of benzene rings is 2. The average molecular weight is 410 g/mol. The largest absolute Gasteiger partial charge is 0.507 e. The Hall–Kier alpha value is -3.28. The highest BCUT2D eigenvalue weighted by Crippen LogP contribution is 2.39. The van der Waals surface area contributed by atoms with Gasteiger partial charge >= 0.3 is 5.97 Å². The lowest BCUT2D eigenvalue weighted by Gasteiger charge is -2.22. The van der Waals surface area contributed by atoms with Crippen molar-refractivity contribution < 1.29 is 14.6 Å². The number of rotatable bonds is 9. The molecule has 0 aliphatic carbocycles. The van der Waals surface area contributed by atoms with Crippen molar-refractivity contribution in [3.63, 3.8) is 0 Å². The number of carbonyl (C=O) groups excluding carboxylic acids is 1. The predicted octanol–water partition coefficient (Wildman–Crippen LogP) is 4.76. The van der Waals surface area contributed by atoms with Crippen LogP contribution in [0.2, 0.25) is 0 Å². The molecular formula is C24H31N3O3. The molecule has 0 amide bonds. The van der Waals surface area contributed by atoms with Crippen LogP contribution in [0.1, 0.15) is 44.7 Å². The highest BCUT2D eigenvalue weighted by molar-refractivity contribution is 6.03. The molecule has 0 radical (unpaired) electrons. The van der Waals surface area contributed by atoms with E-state index in [2.05, 4.69) is 18.7 Å². The quantitative estimate of drug-likeness (QED) is 0.182. The maximum Gasteiger partial charge on any atom is 0.335 e. The highest BCUT2D eigenvalue weighted by Gasteiger charge is 2.19. The zero-order valence-electron chi connectivity index (χ0n) is 18.2. The van der Waals surface area contributed by atoms with Gasteiger partial charge < -0.3 is 20.5 Å². The van der Waals surface area contributed by atoms with E-state index in [1.807, 2.05) is 19.1 Å². The van der Waals surface area contributed by atoms with Crippen LogP contribution in [0.15, 0.2) is 42.5 Å². The molecule has 0 bridgehead atoms. The minimum absolute atomic E-state index is 0.0799. The summed E-state index contributed by atoms with van der Waals surface area (Å²) in [7, 11) is 0. The lowest BCUT2D eigenvalue weighted by Crippen LogP contribution is -2.21. The molecule has 0 aliphatic heterocycles. The van der Waals surface area contributed by atoms with E-state index in [4.69, 9.17) is 15.9 Å². The molecule has 30 heavy (non-hydrogen) atoms. The number of nitrogens with two attached hydrogens (primary N) is 1. The first-order valence-electron chi connectivity index (χ1n) is 10.3. The summed E-state index contributed by atoms with van der Waals surface area (Å²) >= 11 is 0. The van der Waals surface area contributed by atoms with Crippen LogP contribution in [0.3, 0.4) is 0 Å². The van der Waals surface area contributed by atoms with Crippen molar-refractivity contribution in [1.82, 2.24) is 0 Å². The third-order valence-electron chi connectivity index (χ3n) is 5.00. The molecule has 2 aromatic rings. The molecule has 0 aromatic heterocycles. The summed E-state index contributed by atoms with van der Waals surface area (Å²) in [6.07, 6.45) is 4.94. The fourth-order valence-corrected chi connectivity index (χ4v) is 3.38. The number of unbranched alkanes of at least 4 members (excludes halogenated alkanes) is 1. The predicted molar refractivity (Wildman–Crippen MR) is 123 cm³/mol. The van der Waals surface area contributed by atoms with Crippen molar-refractivity contribution >= 4 is 17.5 Å². The van der Waals surface area contributed by atoms with Gasteiger partial charge in [-0.25, -0.2) is 4.79 Å². The topological polar surface area (TPSA) is 99.6 Å². The average Bonchev–Trinajstić information content (AvgIpc) is 2.71. The molecule has 2 rings (SSSR count). The molecule has 0 fully saturated rings. The van der Waals surface area contributed by atoms with Gasteiger partial charge in [-0.2, -0.15) is 0 Å². The van der Waals surface area contributed by atoms with Crippen LogP contribution in [0.25, 0.3) is 11.1 Å². The number of nitrogens with one attached hydrogen (secondary N) is 1. The summed E-state index contributed by atoms with van der Waals surface area (Å²) in [5.74, 6) is -0.139. The first-order valence-corrected chi connectivity index (χ1v) is 10.3. The zero-order valence-corrected chi connectivity index (χ0v) is 18.2. The van der Waals surface area contributed by atoms with Crippen molar-refractivity contribution in [2.24, 2.45) is 5.73 Å². The van der Waals surface area contributed by atoms with Crippen molar-refractivity contribution in [1.29, 1.82) is 5.41 Å². The van der Waals surface area contributed by atoms with E-state index in [-0.39, 0.29) is 11.6 Å². The molecule has 6 nitrogen and oxygen atoms in total. The van der Waals surface area contributed by atoms with E-state index >= 15 is 0 Å². The van der Waals surface area contributed by atoms with Crippen LogP contribution in [-0.4, -0.2) is 30.0 Å². The molecule has 0 atom stereocenters. The van der Waals surface area contributed by atoms with Crippen LogP contribution in [0.4, 0.5) is 5.69 Å². The second kappa shape index (κ2) is 10.5. The first-order chi connectivity index (χ1) is 14.3. The number of nitrogen functional groups attached to an aromatic ring is 1. The van der Waals surface area contributed by atoms with Crippen LogP contribution < -0.4 is 15.4 Å². The second-order valence-electron chi connectivity index (χ2n) is 7.01. The molecule has 0 spiro atoms. The van der Waals surface area contributed by atoms with Crippen molar-refractivity contribution in [2.45, 2.75) is 40.5 Å². The Morgan fingerprint density at radius 2 is 1.90 bits per heavy atom. The Balaban J connectivity index is 2.52. The van der Waals surface area contributed by atoms with Gasteiger partial charge in [-0.15, -0.1) is 0 Å². The fourth-order valence-electron chi connectivity index (χ4n) is 3.38. The first kappa shape index (κ1) is 23.0. The SMILES string of the molecule is CCCC=CC(=O)Oc1ccc(C(=N)N)c(-c2ccc(N(CC)CC)cc2O)c1C. The Morgan fingerprint density at radius 1 is 1.20 bits per heavy atom. The van der Waals surface area contributed by atoms with Crippen molar-refractivity contribution in [3.8, 4) is 22.6 Å². The number of nitrogens with zero attached hydrogens (tertiary/aromatic N) is 1. The monoisotopic (exact) mass is 409 g/mol. The van der Waals surface area contributed by atoms with Gasteiger partial charge in [0.1, 0.15) is 17.3 Å². The molecule has 0 heterocycles. The van der Waals surface area contributed by atoms with E-state index in [9.17, 15) is 9.90 Å². The van der Waals surface area contributed by atoms with Gasteiger partial charge in [0.05, 0.1) is 0 Å². The lowest BCUT2D eigenvalue weighted by molar-refractivity contribution is -0.129. The van der Waals surface area contributed by atoms with Gasteiger partial charge in [-0.3, -0.25) is 5.41 Å². The summed E-state index contributed by atoms with van der Waals surface area (Å²) in [4.78, 5) is 14.3. The van der Waals surface area contributed by atoms with Gasteiger partial charge in [-0.1, -0.05) is 19.4 Å². The van der Waals surface area contributed by atoms with Crippen LogP contribution in [0, 0.1) is 12.3 Å². The molecular weight excluding hydrogens is 378 g/mol. The standard InChI is InChI=1S/C24H31N3O3/c1-5-8-9-10-22(29)30-21-14-13-19(24(25)26)23(16(21)4)18-12-11-17(15-20(18)28)27(6-2)7-3/h9-15,28H,5-8H2,1-4H3,(H3,25,26). The Bertz CT molecular complexity index is 947. The lowest BCUT2D eigenvalue weighted by atomic mass is 9.92. The summed E-state index contributed by atoms with van der Waals surface area (Å²) < 4.78 is 5.50. The van der Waals surface area contributed by atoms with Gasteiger partial charge in [0, 0.05) is 53.2 Å². The molecule has 0 aliphatic rings. The third-order valence-corrected chi connectivity index (χ3v) is 5.00. The summed E-state index contributed by atoms with van der Waals surface area (Å²) in [5, 5.41) is 18.7.